The van der Waals surface area contributed by atoms with Gasteiger partial charge >= 0.3 is 0 Å². The molecule has 1 unspecified atom stereocenters. The standard InChI is InChI=1S/C27H31N3O3/c1-27(2,3)25(30-15-21(17-31)18-33-19-24(30)32)26-28-23(22-12-8-5-9-13-22)16-29(26)14-20-10-6-4-7-11-20/h4-13,16-17,21,25H,14-15,18-19H2,1-3H3/t21?,25-/m0/s1. The maximum absolute atomic E-state index is 13.1. The van der Waals surface area contributed by atoms with Crippen LogP contribution in [0.2, 0.25) is 0 Å². The van der Waals surface area contributed by atoms with Crippen molar-refractivity contribution in [3.05, 3.63) is 78.2 Å². The smallest absolute Gasteiger partial charge is 0.249 e. The van der Waals surface area contributed by atoms with Crippen molar-refractivity contribution >= 4 is 12.2 Å². The maximum Gasteiger partial charge on any atom is 0.249 e. The Bertz CT molecular complexity index is 1090. The van der Waals surface area contributed by atoms with Crippen LogP contribution in [-0.2, 0) is 20.9 Å². The molecule has 0 bridgehead atoms. The molecule has 6 nitrogen and oxygen atoms in total. The molecule has 33 heavy (non-hydrogen) atoms. The molecular formula is C27H31N3O3. The molecule has 4 rings (SSSR count). The van der Waals surface area contributed by atoms with E-state index < -0.39 is 0 Å². The Hall–Kier alpha value is -3.25. The fourth-order valence-electron chi connectivity index (χ4n) is 4.42. The summed E-state index contributed by atoms with van der Waals surface area (Å²) in [5, 5.41) is 0. The fraction of sp³-hybridized carbons (Fsp3) is 0.370. The van der Waals surface area contributed by atoms with Crippen LogP contribution in [0.1, 0.15) is 38.2 Å². The highest BCUT2D eigenvalue weighted by molar-refractivity contribution is 5.79. The van der Waals surface area contributed by atoms with E-state index in [2.05, 4.69) is 43.7 Å². The second-order valence-corrected chi connectivity index (χ2v) is 9.69. The molecule has 1 aromatic heterocycles. The molecule has 1 aliphatic heterocycles. The van der Waals surface area contributed by atoms with Gasteiger partial charge in [-0.2, -0.15) is 0 Å². The lowest BCUT2D eigenvalue weighted by Gasteiger charge is -2.39. The van der Waals surface area contributed by atoms with E-state index in [1.165, 1.54) is 0 Å². The van der Waals surface area contributed by atoms with E-state index in [-0.39, 0.29) is 36.5 Å². The van der Waals surface area contributed by atoms with Crippen LogP contribution < -0.4 is 0 Å². The Kier molecular flexibility index (Phi) is 6.75. The molecule has 0 saturated carbocycles. The molecule has 0 N–H and O–H groups in total. The van der Waals surface area contributed by atoms with Gasteiger partial charge in [0.15, 0.2) is 0 Å². The summed E-state index contributed by atoms with van der Waals surface area (Å²) in [7, 11) is 0. The minimum Gasteiger partial charge on any atom is -0.371 e. The van der Waals surface area contributed by atoms with E-state index in [1.807, 2.05) is 48.5 Å². The number of nitrogens with zero attached hydrogens (tertiary/aromatic N) is 3. The molecule has 1 saturated heterocycles. The zero-order chi connectivity index (χ0) is 23.4. The zero-order valence-electron chi connectivity index (χ0n) is 19.5. The Balaban J connectivity index is 1.83. The molecule has 3 aromatic rings. The van der Waals surface area contributed by atoms with E-state index in [4.69, 9.17) is 9.72 Å². The van der Waals surface area contributed by atoms with Gasteiger partial charge in [-0.1, -0.05) is 81.4 Å². The molecule has 0 aliphatic carbocycles. The highest BCUT2D eigenvalue weighted by atomic mass is 16.5. The lowest BCUT2D eigenvalue weighted by molar-refractivity contribution is -0.139. The zero-order valence-corrected chi connectivity index (χ0v) is 19.5. The first kappa shape index (κ1) is 22.9. The molecule has 2 atom stereocenters. The van der Waals surface area contributed by atoms with Gasteiger partial charge in [-0.3, -0.25) is 4.79 Å². The van der Waals surface area contributed by atoms with Gasteiger partial charge in [-0.25, -0.2) is 4.98 Å². The first-order chi connectivity index (χ1) is 15.9. The number of rotatable bonds is 6. The lowest BCUT2D eigenvalue weighted by Crippen LogP contribution is -2.45. The average molecular weight is 446 g/mol. The third-order valence-electron chi connectivity index (χ3n) is 5.95. The predicted molar refractivity (Wildman–Crippen MR) is 127 cm³/mol. The third-order valence-corrected chi connectivity index (χ3v) is 5.95. The molecule has 0 radical (unpaired) electrons. The molecule has 1 aliphatic rings. The average Bonchev–Trinajstić information content (AvgIpc) is 3.11. The first-order valence-corrected chi connectivity index (χ1v) is 11.4. The molecule has 0 spiro atoms. The number of hydrogen-bond acceptors (Lipinski definition) is 4. The van der Waals surface area contributed by atoms with Crippen molar-refractivity contribution in [1.82, 2.24) is 14.5 Å². The van der Waals surface area contributed by atoms with Crippen molar-refractivity contribution in [3.63, 3.8) is 0 Å². The number of benzene rings is 2. The molecule has 6 heteroatoms. The van der Waals surface area contributed by atoms with Crippen LogP contribution in [0, 0.1) is 11.3 Å². The van der Waals surface area contributed by atoms with Gasteiger partial charge < -0.3 is 19.0 Å². The largest absolute Gasteiger partial charge is 0.371 e. The fourth-order valence-corrected chi connectivity index (χ4v) is 4.42. The van der Waals surface area contributed by atoms with Gasteiger partial charge in [0, 0.05) is 24.8 Å². The summed E-state index contributed by atoms with van der Waals surface area (Å²) in [6.07, 6.45) is 2.95. The Morgan fingerprint density at radius 3 is 2.39 bits per heavy atom. The van der Waals surface area contributed by atoms with Gasteiger partial charge in [0.05, 0.1) is 24.3 Å². The van der Waals surface area contributed by atoms with Crippen LogP contribution in [0.3, 0.4) is 0 Å². The van der Waals surface area contributed by atoms with E-state index in [1.54, 1.807) is 4.90 Å². The Morgan fingerprint density at radius 2 is 1.76 bits per heavy atom. The maximum atomic E-state index is 13.1. The van der Waals surface area contributed by atoms with Gasteiger partial charge in [0.1, 0.15) is 18.7 Å². The monoisotopic (exact) mass is 445 g/mol. The Labute approximate surface area is 195 Å². The first-order valence-electron chi connectivity index (χ1n) is 11.4. The third kappa shape index (κ3) is 5.22. The summed E-state index contributed by atoms with van der Waals surface area (Å²) in [6, 6.07) is 20.0. The summed E-state index contributed by atoms with van der Waals surface area (Å²) < 4.78 is 7.63. The van der Waals surface area contributed by atoms with Crippen molar-refractivity contribution < 1.29 is 14.3 Å². The Morgan fingerprint density at radius 1 is 1.09 bits per heavy atom. The van der Waals surface area contributed by atoms with Gasteiger partial charge in [-0.05, 0) is 11.0 Å². The van der Waals surface area contributed by atoms with E-state index in [0.29, 0.717) is 13.1 Å². The molecule has 2 heterocycles. The summed E-state index contributed by atoms with van der Waals surface area (Å²) in [5.41, 5.74) is 2.72. The van der Waals surface area contributed by atoms with Crippen molar-refractivity contribution in [2.24, 2.45) is 11.3 Å². The topological polar surface area (TPSA) is 64.4 Å². The summed E-state index contributed by atoms with van der Waals surface area (Å²) in [6.45, 7) is 7.52. The quantitative estimate of drug-likeness (QED) is 0.529. The van der Waals surface area contributed by atoms with Gasteiger partial charge in [-0.15, -0.1) is 0 Å². The second-order valence-electron chi connectivity index (χ2n) is 9.69. The number of ether oxygens (including phenoxy) is 1. The minimum absolute atomic E-state index is 0.0259. The SMILES string of the molecule is CC(C)(C)[C@H](c1nc(-c2ccccc2)cn1Cc1ccccc1)N1CC(C=O)COCC1=O. The van der Waals surface area contributed by atoms with Crippen LogP contribution in [0.4, 0.5) is 0 Å². The molecule has 2 aromatic carbocycles. The minimum atomic E-state index is -0.354. The highest BCUT2D eigenvalue weighted by Gasteiger charge is 2.40. The summed E-state index contributed by atoms with van der Waals surface area (Å²) >= 11 is 0. The number of carbonyl (C=O) groups is 2. The number of imidazole rings is 1. The molecular weight excluding hydrogens is 414 g/mol. The lowest BCUT2D eigenvalue weighted by atomic mass is 9.84. The molecule has 1 amide bonds. The second kappa shape index (κ2) is 9.71. The van der Waals surface area contributed by atoms with Crippen molar-refractivity contribution in [1.29, 1.82) is 0 Å². The van der Waals surface area contributed by atoms with Crippen LogP contribution >= 0.6 is 0 Å². The van der Waals surface area contributed by atoms with Crippen molar-refractivity contribution in [2.45, 2.75) is 33.4 Å². The normalized spacial score (nSPS) is 18.1. The number of aldehydes is 1. The number of amides is 1. The number of carbonyl (C=O) groups excluding carboxylic acids is 2. The van der Waals surface area contributed by atoms with E-state index >= 15 is 0 Å². The van der Waals surface area contributed by atoms with E-state index in [9.17, 15) is 9.59 Å². The van der Waals surface area contributed by atoms with Gasteiger partial charge in [0.2, 0.25) is 5.91 Å². The summed E-state index contributed by atoms with van der Waals surface area (Å²) in [5.74, 6) is 0.340. The number of hydrogen-bond donors (Lipinski definition) is 0. The van der Waals surface area contributed by atoms with Gasteiger partial charge in [0.25, 0.3) is 0 Å². The molecule has 172 valence electrons. The predicted octanol–water partition coefficient (Wildman–Crippen LogP) is 4.36. The van der Waals surface area contributed by atoms with Crippen molar-refractivity contribution in [2.75, 3.05) is 19.8 Å². The summed E-state index contributed by atoms with van der Waals surface area (Å²) in [4.78, 5) is 31.6. The van der Waals surface area contributed by atoms with Crippen LogP contribution in [0.25, 0.3) is 11.3 Å². The number of aromatic nitrogens is 2. The van der Waals surface area contributed by atoms with Crippen LogP contribution in [-0.4, -0.2) is 46.4 Å². The highest BCUT2D eigenvalue weighted by Crippen LogP contribution is 2.39. The van der Waals surface area contributed by atoms with E-state index in [0.717, 1.165) is 28.9 Å². The van der Waals surface area contributed by atoms with Crippen LogP contribution in [0.15, 0.2) is 66.9 Å². The van der Waals surface area contributed by atoms with Crippen LogP contribution in [0.5, 0.6) is 0 Å². The van der Waals surface area contributed by atoms with Crippen molar-refractivity contribution in [3.8, 4) is 11.3 Å². The molecule has 1 fully saturated rings.